The van der Waals surface area contributed by atoms with E-state index in [1.54, 1.807) is 18.2 Å². The van der Waals surface area contributed by atoms with Gasteiger partial charge in [-0.3, -0.25) is 9.10 Å². The molecule has 0 aromatic heterocycles. The van der Waals surface area contributed by atoms with E-state index in [0.717, 1.165) is 27.3 Å². The van der Waals surface area contributed by atoms with Crippen LogP contribution in [0.15, 0.2) is 36.4 Å². The van der Waals surface area contributed by atoms with E-state index in [1.165, 1.54) is 5.56 Å². The van der Waals surface area contributed by atoms with E-state index in [0.29, 0.717) is 17.1 Å². The molecule has 2 rings (SSSR count). The summed E-state index contributed by atoms with van der Waals surface area (Å²) in [6.07, 6.45) is 1.78. The zero-order valence-electron chi connectivity index (χ0n) is 16.9. The number of carbonyl (C=O) groups excluding carboxylic acids is 1. The number of amides is 1. The van der Waals surface area contributed by atoms with E-state index in [9.17, 15) is 13.2 Å². The van der Waals surface area contributed by atoms with Crippen LogP contribution in [0.1, 0.15) is 41.6 Å². The SMILES string of the molecule is CC[C@@H](NC(=O)CN(c1ccc(C)c(Cl)c1)S(C)(=O)=O)c1ccc(C)c(C)c1. The van der Waals surface area contributed by atoms with Gasteiger partial charge in [0, 0.05) is 5.02 Å². The highest BCUT2D eigenvalue weighted by Gasteiger charge is 2.23. The van der Waals surface area contributed by atoms with Gasteiger partial charge in [-0.2, -0.15) is 0 Å². The van der Waals surface area contributed by atoms with Crippen molar-refractivity contribution in [3.63, 3.8) is 0 Å². The molecule has 5 nitrogen and oxygen atoms in total. The largest absolute Gasteiger partial charge is 0.348 e. The van der Waals surface area contributed by atoms with E-state index in [2.05, 4.69) is 11.4 Å². The normalized spacial score (nSPS) is 12.5. The molecule has 0 spiro atoms. The van der Waals surface area contributed by atoms with Crippen LogP contribution in [-0.2, 0) is 14.8 Å². The summed E-state index contributed by atoms with van der Waals surface area (Å²) in [4.78, 5) is 12.7. The second kappa shape index (κ2) is 8.97. The van der Waals surface area contributed by atoms with Crippen LogP contribution in [-0.4, -0.2) is 27.1 Å². The van der Waals surface area contributed by atoms with Gasteiger partial charge in [-0.25, -0.2) is 8.42 Å². The Morgan fingerprint density at radius 2 is 1.71 bits per heavy atom. The smallest absolute Gasteiger partial charge is 0.241 e. The molecule has 2 aromatic carbocycles. The molecule has 0 aliphatic heterocycles. The molecule has 0 fully saturated rings. The number of benzene rings is 2. The Labute approximate surface area is 172 Å². The van der Waals surface area contributed by atoms with Gasteiger partial charge in [0.05, 0.1) is 18.0 Å². The summed E-state index contributed by atoms with van der Waals surface area (Å²) in [6.45, 7) is 7.57. The highest BCUT2D eigenvalue weighted by Crippen LogP contribution is 2.25. The molecule has 0 unspecified atom stereocenters. The van der Waals surface area contributed by atoms with E-state index in [-0.39, 0.29) is 18.5 Å². The van der Waals surface area contributed by atoms with E-state index in [1.807, 2.05) is 39.8 Å². The molecule has 0 aliphatic carbocycles. The summed E-state index contributed by atoms with van der Waals surface area (Å²) in [5.41, 5.74) is 4.54. The molecule has 1 atom stereocenters. The average molecular weight is 423 g/mol. The van der Waals surface area contributed by atoms with Crippen molar-refractivity contribution in [2.75, 3.05) is 17.1 Å². The molecule has 1 amide bonds. The lowest BCUT2D eigenvalue weighted by atomic mass is 9.99. The number of hydrogen-bond donors (Lipinski definition) is 1. The van der Waals surface area contributed by atoms with Crippen molar-refractivity contribution in [1.82, 2.24) is 5.32 Å². The lowest BCUT2D eigenvalue weighted by Crippen LogP contribution is -2.41. The molecule has 28 heavy (non-hydrogen) atoms. The number of carbonyl (C=O) groups is 1. The zero-order chi connectivity index (χ0) is 21.1. The first-order valence-electron chi connectivity index (χ1n) is 9.13. The van der Waals surface area contributed by atoms with Crippen LogP contribution in [0.5, 0.6) is 0 Å². The molecule has 152 valence electrons. The van der Waals surface area contributed by atoms with Crippen LogP contribution >= 0.6 is 11.6 Å². The summed E-state index contributed by atoms with van der Waals surface area (Å²) in [6, 6.07) is 10.8. The quantitative estimate of drug-likeness (QED) is 0.723. The summed E-state index contributed by atoms with van der Waals surface area (Å²) in [7, 11) is -3.65. The van der Waals surface area contributed by atoms with Crippen LogP contribution in [0, 0.1) is 20.8 Å². The maximum Gasteiger partial charge on any atom is 0.241 e. The van der Waals surface area contributed by atoms with Gasteiger partial charge in [-0.05, 0) is 61.6 Å². The third-order valence-corrected chi connectivity index (χ3v) is 6.36. The first-order valence-corrected chi connectivity index (χ1v) is 11.4. The molecular formula is C21H27ClN2O3S. The number of sulfonamides is 1. The average Bonchev–Trinajstić information content (AvgIpc) is 2.61. The van der Waals surface area contributed by atoms with Crippen molar-refractivity contribution in [1.29, 1.82) is 0 Å². The van der Waals surface area contributed by atoms with Gasteiger partial charge in [-0.1, -0.05) is 42.8 Å². The fourth-order valence-electron chi connectivity index (χ4n) is 2.91. The molecule has 0 saturated carbocycles. The second-order valence-electron chi connectivity index (χ2n) is 7.08. The molecule has 0 radical (unpaired) electrons. The fourth-order valence-corrected chi connectivity index (χ4v) is 3.93. The standard InChI is InChI=1S/C21H27ClN2O3S/c1-6-20(17-9-7-14(2)16(4)11-17)23-21(25)13-24(28(5,26)27)18-10-8-15(3)19(22)12-18/h7-12,20H,6,13H2,1-5H3,(H,23,25)/t20-/m1/s1. The molecule has 7 heteroatoms. The van der Waals surface area contributed by atoms with Crippen molar-refractivity contribution in [2.24, 2.45) is 0 Å². The lowest BCUT2D eigenvalue weighted by molar-refractivity contribution is -0.120. The maximum atomic E-state index is 12.7. The van der Waals surface area contributed by atoms with E-state index in [4.69, 9.17) is 11.6 Å². The van der Waals surface area contributed by atoms with Gasteiger partial charge >= 0.3 is 0 Å². The summed E-state index contributed by atoms with van der Waals surface area (Å²) >= 11 is 6.14. The number of anilines is 1. The van der Waals surface area contributed by atoms with E-state index >= 15 is 0 Å². The second-order valence-corrected chi connectivity index (χ2v) is 9.39. The van der Waals surface area contributed by atoms with Gasteiger partial charge in [0.2, 0.25) is 15.9 Å². The number of nitrogens with zero attached hydrogens (tertiary/aromatic N) is 1. The summed E-state index contributed by atoms with van der Waals surface area (Å²) < 4.78 is 25.6. The molecule has 0 heterocycles. The van der Waals surface area contributed by atoms with Crippen LogP contribution in [0.4, 0.5) is 5.69 Å². The monoisotopic (exact) mass is 422 g/mol. The van der Waals surface area contributed by atoms with Crippen molar-refractivity contribution >= 4 is 33.2 Å². The van der Waals surface area contributed by atoms with Gasteiger partial charge in [0.15, 0.2) is 0 Å². The van der Waals surface area contributed by atoms with Gasteiger partial charge in [0.1, 0.15) is 6.54 Å². The molecule has 0 aliphatic rings. The number of hydrogen-bond acceptors (Lipinski definition) is 3. The molecular weight excluding hydrogens is 396 g/mol. The minimum atomic E-state index is -3.65. The highest BCUT2D eigenvalue weighted by atomic mass is 35.5. The van der Waals surface area contributed by atoms with Gasteiger partial charge < -0.3 is 5.32 Å². The van der Waals surface area contributed by atoms with Crippen molar-refractivity contribution in [3.8, 4) is 0 Å². The highest BCUT2D eigenvalue weighted by molar-refractivity contribution is 7.92. The Balaban J connectivity index is 2.22. The Morgan fingerprint density at radius 3 is 2.25 bits per heavy atom. The Morgan fingerprint density at radius 1 is 1.07 bits per heavy atom. The van der Waals surface area contributed by atoms with Crippen molar-refractivity contribution in [2.45, 2.75) is 40.2 Å². The van der Waals surface area contributed by atoms with Crippen LogP contribution in [0.25, 0.3) is 0 Å². The molecule has 2 aromatic rings. The number of nitrogens with one attached hydrogen (secondary N) is 1. The molecule has 1 N–H and O–H groups in total. The first-order chi connectivity index (χ1) is 13.0. The minimum Gasteiger partial charge on any atom is -0.348 e. The fraction of sp³-hybridized carbons (Fsp3) is 0.381. The maximum absolute atomic E-state index is 12.7. The van der Waals surface area contributed by atoms with Crippen molar-refractivity contribution < 1.29 is 13.2 Å². The Bertz CT molecular complexity index is 974. The van der Waals surface area contributed by atoms with Crippen LogP contribution < -0.4 is 9.62 Å². The molecule has 0 saturated heterocycles. The minimum absolute atomic E-state index is 0.185. The summed E-state index contributed by atoms with van der Waals surface area (Å²) in [5.74, 6) is -0.368. The predicted molar refractivity (Wildman–Crippen MR) is 115 cm³/mol. The third kappa shape index (κ3) is 5.49. The Hall–Kier alpha value is -2.05. The zero-order valence-corrected chi connectivity index (χ0v) is 18.5. The first kappa shape index (κ1) is 22.2. The van der Waals surface area contributed by atoms with Crippen molar-refractivity contribution in [3.05, 3.63) is 63.7 Å². The van der Waals surface area contributed by atoms with Gasteiger partial charge in [-0.15, -0.1) is 0 Å². The number of halogens is 1. The number of aryl methyl sites for hydroxylation is 3. The van der Waals surface area contributed by atoms with Crippen LogP contribution in [0.2, 0.25) is 5.02 Å². The van der Waals surface area contributed by atoms with Crippen LogP contribution in [0.3, 0.4) is 0 Å². The topological polar surface area (TPSA) is 66.5 Å². The lowest BCUT2D eigenvalue weighted by Gasteiger charge is -2.24. The predicted octanol–water partition coefficient (Wildman–Crippen LogP) is 4.30. The number of rotatable bonds is 7. The third-order valence-electron chi connectivity index (χ3n) is 4.81. The molecule has 0 bridgehead atoms. The Kier molecular flexibility index (Phi) is 7.12. The van der Waals surface area contributed by atoms with E-state index < -0.39 is 10.0 Å². The summed E-state index contributed by atoms with van der Waals surface area (Å²) in [5, 5.41) is 3.40. The van der Waals surface area contributed by atoms with Gasteiger partial charge in [0.25, 0.3) is 0 Å².